The average molecular weight is 393 g/mol. The van der Waals surface area contributed by atoms with Crippen molar-refractivity contribution in [3.63, 3.8) is 0 Å². The summed E-state index contributed by atoms with van der Waals surface area (Å²) in [5.74, 6) is 1.91. The largest absolute Gasteiger partial charge is 0.490 e. The number of ether oxygens (including phenoxy) is 2. The number of para-hydroxylation sites is 1. The average Bonchev–Trinajstić information content (AvgIpc) is 2.98. The molecule has 0 spiro atoms. The van der Waals surface area contributed by atoms with Crippen molar-refractivity contribution in [2.75, 3.05) is 25.6 Å². The summed E-state index contributed by atoms with van der Waals surface area (Å²) >= 11 is 0. The monoisotopic (exact) mass is 393 g/mol. The van der Waals surface area contributed by atoms with Crippen LogP contribution in [0.25, 0.3) is 6.08 Å². The Morgan fingerprint density at radius 2 is 2.14 bits per heavy atom. The fourth-order valence-corrected chi connectivity index (χ4v) is 3.37. The third-order valence-corrected chi connectivity index (χ3v) is 4.92. The molecule has 2 aliphatic rings. The van der Waals surface area contributed by atoms with Gasteiger partial charge in [-0.2, -0.15) is 0 Å². The van der Waals surface area contributed by atoms with E-state index in [-0.39, 0.29) is 11.8 Å². The summed E-state index contributed by atoms with van der Waals surface area (Å²) in [5, 5.41) is 2.76. The Morgan fingerprint density at radius 1 is 1.28 bits per heavy atom. The highest BCUT2D eigenvalue weighted by molar-refractivity contribution is 5.93. The molecule has 2 aromatic rings. The van der Waals surface area contributed by atoms with Crippen molar-refractivity contribution < 1.29 is 19.1 Å². The van der Waals surface area contributed by atoms with Crippen LogP contribution < -0.4 is 14.8 Å². The highest BCUT2D eigenvalue weighted by atomic mass is 16.5. The molecule has 1 N–H and O–H groups in total. The summed E-state index contributed by atoms with van der Waals surface area (Å²) in [6.07, 6.45) is 6.87. The van der Waals surface area contributed by atoms with E-state index < -0.39 is 0 Å². The fraction of sp³-hybridized carbons (Fsp3) is 0.318. The predicted octanol–water partition coefficient (Wildman–Crippen LogP) is 2.80. The van der Waals surface area contributed by atoms with E-state index >= 15 is 0 Å². The maximum absolute atomic E-state index is 12.6. The zero-order valence-electron chi connectivity index (χ0n) is 16.3. The Kier molecular flexibility index (Phi) is 5.46. The lowest BCUT2D eigenvalue weighted by Crippen LogP contribution is -2.24. The summed E-state index contributed by atoms with van der Waals surface area (Å²) in [7, 11) is 1.75. The maximum atomic E-state index is 12.6. The molecule has 3 heterocycles. The zero-order valence-corrected chi connectivity index (χ0v) is 16.3. The number of likely N-dealkylation sites (N-methyl/N-ethyl adjacent to an activating group) is 1. The van der Waals surface area contributed by atoms with Crippen LogP contribution in [0.2, 0.25) is 0 Å². The zero-order chi connectivity index (χ0) is 20.2. The normalized spacial score (nSPS) is 15.4. The van der Waals surface area contributed by atoms with Crippen molar-refractivity contribution in [3.05, 3.63) is 53.2 Å². The lowest BCUT2D eigenvalue weighted by molar-refractivity contribution is -0.125. The van der Waals surface area contributed by atoms with Crippen molar-refractivity contribution >= 4 is 23.7 Å². The number of aromatic nitrogens is 1. The number of nitrogens with one attached hydrogen (secondary N) is 1. The van der Waals surface area contributed by atoms with Gasteiger partial charge in [-0.05, 0) is 35.8 Å². The van der Waals surface area contributed by atoms with Crippen molar-refractivity contribution in [1.82, 2.24) is 9.88 Å². The van der Waals surface area contributed by atoms with Crippen LogP contribution >= 0.6 is 0 Å². The van der Waals surface area contributed by atoms with Gasteiger partial charge in [-0.1, -0.05) is 12.1 Å². The summed E-state index contributed by atoms with van der Waals surface area (Å²) < 4.78 is 11.5. The Bertz CT molecular complexity index is 971. The minimum atomic E-state index is -0.122. The molecule has 2 amide bonds. The number of hydrogen-bond donors (Lipinski definition) is 1. The molecule has 0 radical (unpaired) electrons. The molecule has 150 valence electrons. The minimum Gasteiger partial charge on any atom is -0.490 e. The molecule has 0 fully saturated rings. The minimum absolute atomic E-state index is 0.0155. The number of anilines is 1. The highest BCUT2D eigenvalue weighted by Crippen LogP contribution is 2.33. The van der Waals surface area contributed by atoms with Crippen molar-refractivity contribution in [2.45, 2.75) is 25.8 Å². The van der Waals surface area contributed by atoms with Gasteiger partial charge in [-0.25, -0.2) is 4.98 Å². The smallest absolute Gasteiger partial charge is 0.246 e. The number of pyridine rings is 1. The van der Waals surface area contributed by atoms with E-state index in [4.69, 9.17) is 9.47 Å². The first-order chi connectivity index (χ1) is 14.1. The van der Waals surface area contributed by atoms with Gasteiger partial charge < -0.3 is 19.7 Å². The first-order valence-electron chi connectivity index (χ1n) is 9.69. The van der Waals surface area contributed by atoms with E-state index in [0.29, 0.717) is 38.4 Å². The van der Waals surface area contributed by atoms with E-state index in [1.807, 2.05) is 24.3 Å². The fourth-order valence-electron chi connectivity index (χ4n) is 3.37. The molecule has 7 heteroatoms. The number of hydrogen-bond acceptors (Lipinski definition) is 5. The van der Waals surface area contributed by atoms with Crippen molar-refractivity contribution in [1.29, 1.82) is 0 Å². The number of nitrogens with zero attached hydrogens (tertiary/aromatic N) is 2. The van der Waals surface area contributed by atoms with Crippen molar-refractivity contribution in [2.24, 2.45) is 0 Å². The Morgan fingerprint density at radius 3 is 3.03 bits per heavy atom. The number of carbonyl (C=O) groups is 2. The van der Waals surface area contributed by atoms with Gasteiger partial charge in [0.1, 0.15) is 5.82 Å². The molecule has 1 aromatic carbocycles. The molecule has 4 rings (SSSR count). The molecule has 2 aliphatic heterocycles. The SMILES string of the molecule is CN(Cc1cccc2c1OCCCO2)C(=O)C=Cc1cnc2c(c1)CCC(=O)N2. The molecule has 0 unspecified atom stereocenters. The Labute approximate surface area is 169 Å². The number of rotatable bonds is 4. The second kappa shape index (κ2) is 8.34. The van der Waals surface area contributed by atoms with Crippen LogP contribution in [0.15, 0.2) is 36.5 Å². The summed E-state index contributed by atoms with van der Waals surface area (Å²) in [4.78, 5) is 29.9. The lowest BCUT2D eigenvalue weighted by Gasteiger charge is -2.18. The third-order valence-electron chi connectivity index (χ3n) is 4.92. The maximum Gasteiger partial charge on any atom is 0.246 e. The van der Waals surface area contributed by atoms with Gasteiger partial charge in [-0.3, -0.25) is 9.59 Å². The molecular weight excluding hydrogens is 370 g/mol. The van der Waals surface area contributed by atoms with Crippen LogP contribution in [0, 0.1) is 0 Å². The first kappa shape index (κ1) is 19.0. The molecular formula is C22H23N3O4. The van der Waals surface area contributed by atoms with Gasteiger partial charge in [0.2, 0.25) is 11.8 Å². The second-order valence-corrected chi connectivity index (χ2v) is 7.15. The third kappa shape index (κ3) is 4.39. The first-order valence-corrected chi connectivity index (χ1v) is 9.69. The quantitative estimate of drug-likeness (QED) is 0.808. The van der Waals surface area contributed by atoms with Gasteiger partial charge >= 0.3 is 0 Å². The van der Waals surface area contributed by atoms with Crippen LogP contribution in [0.4, 0.5) is 5.82 Å². The molecule has 7 nitrogen and oxygen atoms in total. The van der Waals surface area contributed by atoms with E-state index in [0.717, 1.165) is 34.6 Å². The summed E-state index contributed by atoms with van der Waals surface area (Å²) in [6, 6.07) is 7.70. The van der Waals surface area contributed by atoms with E-state index in [1.165, 1.54) is 6.08 Å². The molecule has 0 saturated heterocycles. The number of fused-ring (bicyclic) bond motifs is 2. The number of aryl methyl sites for hydroxylation is 1. The van der Waals surface area contributed by atoms with Gasteiger partial charge in [0.05, 0.1) is 13.2 Å². The van der Waals surface area contributed by atoms with E-state index in [2.05, 4.69) is 10.3 Å². The molecule has 0 aliphatic carbocycles. The van der Waals surface area contributed by atoms with Gasteiger partial charge in [-0.15, -0.1) is 0 Å². The van der Waals surface area contributed by atoms with E-state index in [1.54, 1.807) is 24.2 Å². The molecule has 1 aromatic heterocycles. The standard InChI is InChI=1S/C22H23N3O4/c1-25(14-17-4-2-5-18-21(17)29-11-3-10-28-18)20(27)9-6-15-12-16-7-8-19(26)24-22(16)23-13-15/h2,4-6,9,12-13H,3,7-8,10-11,14H2,1H3,(H,23,24,26). The second-order valence-electron chi connectivity index (χ2n) is 7.15. The van der Waals surface area contributed by atoms with Gasteiger partial charge in [0.25, 0.3) is 0 Å². The number of amides is 2. The lowest BCUT2D eigenvalue weighted by atomic mass is 10.0. The van der Waals surface area contributed by atoms with Crippen LogP contribution in [-0.4, -0.2) is 42.0 Å². The van der Waals surface area contributed by atoms with Crippen LogP contribution in [-0.2, 0) is 22.6 Å². The van der Waals surface area contributed by atoms with E-state index in [9.17, 15) is 9.59 Å². The number of benzene rings is 1. The van der Waals surface area contributed by atoms with Crippen LogP contribution in [0.5, 0.6) is 11.5 Å². The molecule has 29 heavy (non-hydrogen) atoms. The van der Waals surface area contributed by atoms with Crippen LogP contribution in [0.3, 0.4) is 0 Å². The van der Waals surface area contributed by atoms with Gasteiger partial charge in [0.15, 0.2) is 11.5 Å². The summed E-state index contributed by atoms with van der Waals surface area (Å²) in [5.41, 5.74) is 2.73. The molecule has 0 saturated carbocycles. The highest BCUT2D eigenvalue weighted by Gasteiger charge is 2.18. The number of carbonyl (C=O) groups excluding carboxylic acids is 2. The molecule has 0 atom stereocenters. The van der Waals surface area contributed by atoms with Crippen molar-refractivity contribution in [3.8, 4) is 11.5 Å². The van der Waals surface area contributed by atoms with Gasteiger partial charge in [0, 0.05) is 44.3 Å². The Balaban J connectivity index is 1.43. The van der Waals surface area contributed by atoms with Crippen LogP contribution in [0.1, 0.15) is 29.5 Å². The Hall–Kier alpha value is -3.35. The summed E-state index contributed by atoms with van der Waals surface area (Å²) in [6.45, 7) is 1.66. The topological polar surface area (TPSA) is 80.8 Å². The predicted molar refractivity (Wildman–Crippen MR) is 109 cm³/mol. The molecule has 0 bridgehead atoms.